The SMILES string of the molecule is CCCCC/C=C\C/C=C\C/C=C\CCCCCCCCC(=O)OC(COC(=O)CCCCCCCCCCCCCCCCCCCC)COP(=O)(O)OCCN. The molecule has 0 saturated heterocycles. The third-order valence-electron chi connectivity index (χ3n) is 10.3. The second kappa shape index (κ2) is 44.8. The van der Waals surface area contributed by atoms with Crippen molar-refractivity contribution in [3.63, 3.8) is 0 Å². The largest absolute Gasteiger partial charge is 0.472 e. The van der Waals surface area contributed by atoms with Gasteiger partial charge in [0.25, 0.3) is 0 Å². The van der Waals surface area contributed by atoms with Crippen LogP contribution in [0.4, 0.5) is 0 Å². The molecule has 0 aromatic carbocycles. The minimum Gasteiger partial charge on any atom is -0.462 e. The number of rotatable bonds is 45. The van der Waals surface area contributed by atoms with Crippen LogP contribution in [0.5, 0.6) is 0 Å². The molecule has 0 aliphatic heterocycles. The van der Waals surface area contributed by atoms with Gasteiger partial charge in [-0.05, 0) is 51.4 Å². The van der Waals surface area contributed by atoms with Gasteiger partial charge in [-0.1, -0.05) is 198 Å². The number of allylic oxidation sites excluding steroid dienone is 6. The number of carbonyl (C=O) groups excluding carboxylic acids is 2. The van der Waals surface area contributed by atoms with Gasteiger partial charge in [0, 0.05) is 19.4 Å². The van der Waals surface area contributed by atoms with Crippen LogP contribution in [0.1, 0.15) is 226 Å². The fourth-order valence-corrected chi connectivity index (χ4v) is 7.47. The second-order valence-corrected chi connectivity index (χ2v) is 17.4. The van der Waals surface area contributed by atoms with Crippen LogP contribution in [0.15, 0.2) is 36.5 Å². The number of ether oxygens (including phenoxy) is 2. The summed E-state index contributed by atoms with van der Waals surface area (Å²) in [5.41, 5.74) is 5.36. The van der Waals surface area contributed by atoms with Crippen LogP contribution in [-0.2, 0) is 32.7 Å². The Morgan fingerprint density at radius 1 is 0.517 bits per heavy atom. The number of hydrogen-bond acceptors (Lipinski definition) is 8. The molecule has 0 fully saturated rings. The van der Waals surface area contributed by atoms with Crippen LogP contribution in [0.25, 0.3) is 0 Å². The van der Waals surface area contributed by atoms with Crippen molar-refractivity contribution >= 4 is 19.8 Å². The molecule has 0 heterocycles. The van der Waals surface area contributed by atoms with Crippen LogP contribution < -0.4 is 5.73 Å². The van der Waals surface area contributed by atoms with Crippen molar-refractivity contribution in [3.05, 3.63) is 36.5 Å². The van der Waals surface area contributed by atoms with E-state index in [9.17, 15) is 19.0 Å². The molecule has 0 aromatic heterocycles. The lowest BCUT2D eigenvalue weighted by atomic mass is 10.0. The molecule has 0 spiro atoms. The summed E-state index contributed by atoms with van der Waals surface area (Å²) in [7, 11) is -4.38. The van der Waals surface area contributed by atoms with E-state index in [1.54, 1.807) is 0 Å². The number of carbonyl (C=O) groups is 2. The van der Waals surface area contributed by atoms with E-state index in [1.807, 2.05) is 0 Å². The summed E-state index contributed by atoms with van der Waals surface area (Å²) in [6.45, 7) is 3.72. The van der Waals surface area contributed by atoms with E-state index in [2.05, 4.69) is 50.3 Å². The normalized spacial score (nSPS) is 13.5. The molecule has 0 radical (unpaired) electrons. The van der Waals surface area contributed by atoms with Crippen LogP contribution in [0, 0.1) is 0 Å². The molecule has 10 heteroatoms. The van der Waals surface area contributed by atoms with E-state index < -0.39 is 26.5 Å². The first-order valence-corrected chi connectivity index (χ1v) is 25.5. The first-order valence-electron chi connectivity index (χ1n) is 24.0. The Morgan fingerprint density at radius 3 is 1.36 bits per heavy atom. The maximum absolute atomic E-state index is 12.6. The lowest BCUT2D eigenvalue weighted by Crippen LogP contribution is -2.29. The number of phosphoric ester groups is 1. The third-order valence-corrected chi connectivity index (χ3v) is 11.3. The van der Waals surface area contributed by atoms with E-state index >= 15 is 0 Å². The van der Waals surface area contributed by atoms with Crippen molar-refractivity contribution in [3.8, 4) is 0 Å². The maximum Gasteiger partial charge on any atom is 0.472 e. The van der Waals surface area contributed by atoms with E-state index in [-0.39, 0.29) is 38.6 Å². The molecule has 9 nitrogen and oxygen atoms in total. The Kier molecular flexibility index (Phi) is 43.4. The lowest BCUT2D eigenvalue weighted by molar-refractivity contribution is -0.161. The average Bonchev–Trinajstić information content (AvgIpc) is 3.21. The van der Waals surface area contributed by atoms with Crippen molar-refractivity contribution < 1.29 is 37.6 Å². The fourth-order valence-electron chi connectivity index (χ4n) is 6.70. The molecule has 0 aliphatic carbocycles. The Labute approximate surface area is 356 Å². The van der Waals surface area contributed by atoms with Crippen LogP contribution >= 0.6 is 7.82 Å². The minimum atomic E-state index is -4.38. The van der Waals surface area contributed by atoms with Crippen molar-refractivity contribution in [2.45, 2.75) is 232 Å². The van der Waals surface area contributed by atoms with Gasteiger partial charge in [-0.25, -0.2) is 4.57 Å². The zero-order valence-electron chi connectivity index (χ0n) is 37.5. The van der Waals surface area contributed by atoms with Crippen molar-refractivity contribution in [2.75, 3.05) is 26.4 Å². The summed E-state index contributed by atoms with van der Waals surface area (Å²) in [6.07, 6.45) is 50.3. The molecular weight excluding hydrogens is 750 g/mol. The summed E-state index contributed by atoms with van der Waals surface area (Å²) in [6, 6.07) is 0. The summed E-state index contributed by atoms with van der Waals surface area (Å²) < 4.78 is 32.9. The molecule has 340 valence electrons. The first-order chi connectivity index (χ1) is 28.3. The Hall–Kier alpha value is -1.77. The van der Waals surface area contributed by atoms with E-state index in [1.165, 1.54) is 122 Å². The average molecular weight is 840 g/mol. The van der Waals surface area contributed by atoms with Gasteiger partial charge >= 0.3 is 19.8 Å². The van der Waals surface area contributed by atoms with Gasteiger partial charge in [-0.15, -0.1) is 0 Å². The number of nitrogens with two attached hydrogens (primary N) is 1. The van der Waals surface area contributed by atoms with Gasteiger partial charge < -0.3 is 20.1 Å². The van der Waals surface area contributed by atoms with E-state index in [0.29, 0.717) is 6.42 Å². The Bertz CT molecular complexity index is 1050. The van der Waals surface area contributed by atoms with Gasteiger partial charge in [0.15, 0.2) is 6.10 Å². The summed E-state index contributed by atoms with van der Waals surface area (Å²) in [5.74, 6) is -0.834. The zero-order valence-corrected chi connectivity index (χ0v) is 38.4. The number of phosphoric acid groups is 1. The van der Waals surface area contributed by atoms with E-state index in [0.717, 1.165) is 70.6 Å². The second-order valence-electron chi connectivity index (χ2n) is 16.0. The summed E-state index contributed by atoms with van der Waals surface area (Å²) >= 11 is 0. The molecule has 0 saturated carbocycles. The highest BCUT2D eigenvalue weighted by molar-refractivity contribution is 7.47. The molecule has 0 aromatic rings. The number of esters is 2. The first kappa shape index (κ1) is 56.2. The molecular formula is C48H90NO8P. The molecule has 0 bridgehead atoms. The zero-order chi connectivity index (χ0) is 42.5. The molecule has 2 atom stereocenters. The monoisotopic (exact) mass is 840 g/mol. The third kappa shape index (κ3) is 43.8. The standard InChI is InChI=1S/C48H90NO8P/c1-3-5-7-9-11-13-15-17-19-21-23-25-27-29-31-33-35-37-39-41-48(51)57-46(45-56-58(52,53)55-43-42-49)44-54-47(50)40-38-36-34-32-30-28-26-24-22-20-18-16-14-12-10-8-6-4-2/h11,13,17,19,23,25,46H,3-10,12,14-16,18,20-22,24,26-45,49H2,1-2H3,(H,52,53)/b13-11-,19-17-,25-23-. The molecule has 0 amide bonds. The van der Waals surface area contributed by atoms with Crippen LogP contribution in [0.3, 0.4) is 0 Å². The van der Waals surface area contributed by atoms with Crippen molar-refractivity contribution in [1.29, 1.82) is 0 Å². The molecule has 0 rings (SSSR count). The van der Waals surface area contributed by atoms with Gasteiger partial charge in [0.2, 0.25) is 0 Å². The van der Waals surface area contributed by atoms with Gasteiger partial charge in [-0.2, -0.15) is 0 Å². The lowest BCUT2D eigenvalue weighted by Gasteiger charge is -2.19. The van der Waals surface area contributed by atoms with Crippen molar-refractivity contribution in [1.82, 2.24) is 0 Å². The Morgan fingerprint density at radius 2 is 0.897 bits per heavy atom. The van der Waals surface area contributed by atoms with Gasteiger partial charge in [-0.3, -0.25) is 18.6 Å². The number of unbranched alkanes of at least 4 members (excludes halogenated alkanes) is 26. The van der Waals surface area contributed by atoms with E-state index in [4.69, 9.17) is 24.3 Å². The minimum absolute atomic E-state index is 0.0516. The Balaban J connectivity index is 4.10. The predicted octanol–water partition coefficient (Wildman–Crippen LogP) is 14.1. The topological polar surface area (TPSA) is 134 Å². The van der Waals surface area contributed by atoms with Gasteiger partial charge in [0.1, 0.15) is 6.61 Å². The highest BCUT2D eigenvalue weighted by Crippen LogP contribution is 2.43. The van der Waals surface area contributed by atoms with Crippen LogP contribution in [-0.4, -0.2) is 49.3 Å². The molecule has 2 unspecified atom stereocenters. The van der Waals surface area contributed by atoms with Crippen molar-refractivity contribution in [2.24, 2.45) is 5.73 Å². The maximum atomic E-state index is 12.6. The van der Waals surface area contributed by atoms with Crippen LogP contribution in [0.2, 0.25) is 0 Å². The summed E-state index contributed by atoms with van der Waals surface area (Å²) in [4.78, 5) is 35.0. The molecule has 3 N–H and O–H groups in total. The predicted molar refractivity (Wildman–Crippen MR) is 243 cm³/mol. The number of hydrogen-bond donors (Lipinski definition) is 2. The smallest absolute Gasteiger partial charge is 0.462 e. The quantitative estimate of drug-likeness (QED) is 0.0266. The highest BCUT2D eigenvalue weighted by Gasteiger charge is 2.26. The molecule has 0 aliphatic rings. The highest BCUT2D eigenvalue weighted by atomic mass is 31.2. The summed E-state index contributed by atoms with van der Waals surface area (Å²) in [5, 5.41) is 0. The van der Waals surface area contributed by atoms with Gasteiger partial charge in [0.05, 0.1) is 13.2 Å². The fraction of sp³-hybridized carbons (Fsp3) is 0.833. The molecule has 58 heavy (non-hydrogen) atoms.